The van der Waals surface area contributed by atoms with Crippen LogP contribution in [0.3, 0.4) is 0 Å². The molecule has 0 fully saturated rings. The Morgan fingerprint density at radius 3 is 2.73 bits per heavy atom. The minimum absolute atomic E-state index is 0.169. The van der Waals surface area contributed by atoms with Gasteiger partial charge in [0.2, 0.25) is 5.91 Å². The molecule has 1 heterocycles. The summed E-state index contributed by atoms with van der Waals surface area (Å²) in [5.41, 5.74) is 1.60. The van der Waals surface area contributed by atoms with Gasteiger partial charge in [-0.25, -0.2) is 4.79 Å². The van der Waals surface area contributed by atoms with Crippen molar-refractivity contribution in [3.05, 3.63) is 59.0 Å². The molecule has 26 heavy (non-hydrogen) atoms. The van der Waals surface area contributed by atoms with Crippen molar-refractivity contribution < 1.29 is 13.9 Å². The SMILES string of the molecule is COc1ccc(N(C)c2cc3ccccc3oc2=O)cc1NC(=O)CCl. The highest BCUT2D eigenvalue weighted by Crippen LogP contribution is 2.32. The average Bonchev–Trinajstić information content (AvgIpc) is 2.66. The molecule has 3 rings (SSSR count). The van der Waals surface area contributed by atoms with Crippen LogP contribution in [0.1, 0.15) is 0 Å². The molecular weight excluding hydrogens is 356 g/mol. The molecule has 134 valence electrons. The van der Waals surface area contributed by atoms with E-state index >= 15 is 0 Å². The van der Waals surface area contributed by atoms with E-state index in [0.717, 1.165) is 5.39 Å². The van der Waals surface area contributed by atoms with Crippen molar-refractivity contribution in [3.63, 3.8) is 0 Å². The normalized spacial score (nSPS) is 10.6. The molecule has 7 heteroatoms. The van der Waals surface area contributed by atoms with Gasteiger partial charge in [-0.1, -0.05) is 18.2 Å². The van der Waals surface area contributed by atoms with Crippen molar-refractivity contribution in [1.82, 2.24) is 0 Å². The van der Waals surface area contributed by atoms with E-state index in [1.807, 2.05) is 18.2 Å². The summed E-state index contributed by atoms with van der Waals surface area (Å²) in [6, 6.07) is 14.3. The van der Waals surface area contributed by atoms with Crippen LogP contribution in [0, 0.1) is 0 Å². The topological polar surface area (TPSA) is 71.8 Å². The summed E-state index contributed by atoms with van der Waals surface area (Å²) in [5.74, 6) is -0.0292. The van der Waals surface area contributed by atoms with Gasteiger partial charge in [-0.15, -0.1) is 11.6 Å². The number of anilines is 3. The Kier molecular flexibility index (Phi) is 5.14. The number of alkyl halides is 1. The first-order valence-electron chi connectivity index (χ1n) is 7.84. The predicted octanol–water partition coefficient (Wildman–Crippen LogP) is 3.75. The van der Waals surface area contributed by atoms with Crippen molar-refractivity contribution in [2.45, 2.75) is 0 Å². The maximum Gasteiger partial charge on any atom is 0.360 e. The third-order valence-corrected chi connectivity index (χ3v) is 4.19. The number of hydrogen-bond donors (Lipinski definition) is 1. The molecule has 0 aliphatic carbocycles. The van der Waals surface area contributed by atoms with E-state index in [1.54, 1.807) is 42.3 Å². The minimum Gasteiger partial charge on any atom is -0.495 e. The minimum atomic E-state index is -0.451. The molecular formula is C19H17ClN2O4. The van der Waals surface area contributed by atoms with Crippen LogP contribution in [-0.4, -0.2) is 25.9 Å². The molecule has 1 amide bonds. The van der Waals surface area contributed by atoms with E-state index < -0.39 is 5.63 Å². The number of benzene rings is 2. The fourth-order valence-corrected chi connectivity index (χ4v) is 2.68. The van der Waals surface area contributed by atoms with Gasteiger partial charge in [0.25, 0.3) is 0 Å². The van der Waals surface area contributed by atoms with Gasteiger partial charge in [-0.05, 0) is 30.3 Å². The fourth-order valence-electron chi connectivity index (χ4n) is 2.61. The van der Waals surface area contributed by atoms with Crippen LogP contribution in [0.15, 0.2) is 57.7 Å². The van der Waals surface area contributed by atoms with Crippen molar-refractivity contribution in [3.8, 4) is 5.75 Å². The molecule has 6 nitrogen and oxygen atoms in total. The Balaban J connectivity index is 2.03. The quantitative estimate of drug-likeness (QED) is 0.545. The molecule has 0 saturated carbocycles. The molecule has 0 radical (unpaired) electrons. The van der Waals surface area contributed by atoms with Crippen molar-refractivity contribution in [2.75, 3.05) is 30.3 Å². The first kappa shape index (κ1) is 17.8. The third kappa shape index (κ3) is 3.50. The van der Waals surface area contributed by atoms with Crippen LogP contribution < -0.4 is 20.6 Å². The van der Waals surface area contributed by atoms with Crippen LogP contribution in [0.4, 0.5) is 17.1 Å². The molecule has 0 spiro atoms. The maximum atomic E-state index is 12.4. The number of carbonyl (C=O) groups excluding carboxylic acids is 1. The largest absolute Gasteiger partial charge is 0.495 e. The van der Waals surface area contributed by atoms with Crippen LogP contribution in [-0.2, 0) is 4.79 Å². The van der Waals surface area contributed by atoms with Crippen molar-refractivity contribution >= 4 is 45.5 Å². The highest BCUT2D eigenvalue weighted by Gasteiger charge is 2.14. The van der Waals surface area contributed by atoms with E-state index in [-0.39, 0.29) is 11.8 Å². The molecule has 2 aromatic carbocycles. The van der Waals surface area contributed by atoms with Gasteiger partial charge in [0, 0.05) is 18.1 Å². The van der Waals surface area contributed by atoms with E-state index in [4.69, 9.17) is 20.8 Å². The number of nitrogens with zero attached hydrogens (tertiary/aromatic N) is 1. The van der Waals surface area contributed by atoms with E-state index in [0.29, 0.717) is 28.4 Å². The van der Waals surface area contributed by atoms with Crippen LogP contribution >= 0.6 is 11.6 Å². The van der Waals surface area contributed by atoms with Gasteiger partial charge < -0.3 is 19.4 Å². The molecule has 0 aliphatic heterocycles. The highest BCUT2D eigenvalue weighted by atomic mass is 35.5. The van der Waals surface area contributed by atoms with E-state index in [9.17, 15) is 9.59 Å². The van der Waals surface area contributed by atoms with Gasteiger partial charge in [-0.3, -0.25) is 4.79 Å². The van der Waals surface area contributed by atoms with Crippen LogP contribution in [0.2, 0.25) is 0 Å². The summed E-state index contributed by atoms with van der Waals surface area (Å²) >= 11 is 5.55. The highest BCUT2D eigenvalue weighted by molar-refractivity contribution is 6.29. The number of nitrogens with one attached hydrogen (secondary N) is 1. The molecule has 1 aromatic heterocycles. The Morgan fingerprint density at radius 1 is 1.23 bits per heavy atom. The first-order valence-corrected chi connectivity index (χ1v) is 8.37. The lowest BCUT2D eigenvalue weighted by molar-refractivity contribution is -0.113. The number of fused-ring (bicyclic) bond motifs is 1. The van der Waals surface area contributed by atoms with E-state index in [2.05, 4.69) is 5.32 Å². The number of hydrogen-bond acceptors (Lipinski definition) is 5. The molecule has 0 atom stereocenters. The summed E-state index contributed by atoms with van der Waals surface area (Å²) in [7, 11) is 3.25. The molecule has 0 unspecified atom stereocenters. The number of amides is 1. The number of methoxy groups -OCH3 is 1. The van der Waals surface area contributed by atoms with Gasteiger partial charge in [0.05, 0.1) is 12.8 Å². The number of carbonyl (C=O) groups is 1. The number of rotatable bonds is 5. The monoisotopic (exact) mass is 372 g/mol. The van der Waals surface area contributed by atoms with Crippen LogP contribution in [0.5, 0.6) is 5.75 Å². The fraction of sp³-hybridized carbons (Fsp3) is 0.158. The number of para-hydroxylation sites is 1. The van der Waals surface area contributed by atoms with Gasteiger partial charge >= 0.3 is 5.63 Å². The Bertz CT molecular complexity index is 1020. The van der Waals surface area contributed by atoms with Crippen LogP contribution in [0.25, 0.3) is 11.0 Å². The molecule has 0 aliphatic rings. The third-order valence-electron chi connectivity index (χ3n) is 3.95. The first-order chi connectivity index (χ1) is 12.5. The predicted molar refractivity (Wildman–Crippen MR) is 103 cm³/mol. The standard InChI is InChI=1S/C19H17ClN2O4/c1-22(15-9-12-5-3-4-6-16(12)26-19(15)24)13-7-8-17(25-2)14(10-13)21-18(23)11-20/h3-10H,11H2,1-2H3,(H,21,23). The summed E-state index contributed by atoms with van der Waals surface area (Å²) < 4.78 is 10.6. The van der Waals surface area contributed by atoms with Crippen molar-refractivity contribution in [2.24, 2.45) is 0 Å². The summed E-state index contributed by atoms with van der Waals surface area (Å²) in [5, 5.41) is 3.50. The Labute approximate surface area is 154 Å². The maximum absolute atomic E-state index is 12.4. The Morgan fingerprint density at radius 2 is 2.00 bits per heavy atom. The zero-order valence-corrected chi connectivity index (χ0v) is 15.0. The van der Waals surface area contributed by atoms with Gasteiger partial charge in [0.15, 0.2) is 0 Å². The lowest BCUT2D eigenvalue weighted by atomic mass is 10.2. The van der Waals surface area contributed by atoms with E-state index in [1.165, 1.54) is 7.11 Å². The summed E-state index contributed by atoms with van der Waals surface area (Å²) in [6.45, 7) is 0. The van der Waals surface area contributed by atoms with Crippen molar-refractivity contribution in [1.29, 1.82) is 0 Å². The molecule has 0 bridgehead atoms. The summed E-state index contributed by atoms with van der Waals surface area (Å²) in [4.78, 5) is 25.7. The molecule has 3 aromatic rings. The van der Waals surface area contributed by atoms with Gasteiger partial charge in [0.1, 0.15) is 22.9 Å². The molecule has 0 saturated heterocycles. The summed E-state index contributed by atoms with van der Waals surface area (Å²) in [6.07, 6.45) is 0. The van der Waals surface area contributed by atoms with Gasteiger partial charge in [-0.2, -0.15) is 0 Å². The lowest BCUT2D eigenvalue weighted by Gasteiger charge is -2.20. The lowest BCUT2D eigenvalue weighted by Crippen LogP contribution is -2.19. The molecule has 1 N–H and O–H groups in total. The smallest absolute Gasteiger partial charge is 0.360 e. The zero-order chi connectivity index (χ0) is 18.7. The average molecular weight is 373 g/mol. The second kappa shape index (κ2) is 7.49. The number of ether oxygens (including phenoxy) is 1. The number of halogens is 1. The second-order valence-electron chi connectivity index (χ2n) is 5.58. The Hall–Kier alpha value is -2.99. The second-order valence-corrected chi connectivity index (χ2v) is 5.85. The zero-order valence-electron chi connectivity index (χ0n) is 14.3.